The van der Waals surface area contributed by atoms with Crippen molar-refractivity contribution in [3.8, 4) is 0 Å². The van der Waals surface area contributed by atoms with E-state index in [4.69, 9.17) is 11.6 Å². The zero-order valence-corrected chi connectivity index (χ0v) is 10.2. The van der Waals surface area contributed by atoms with Crippen molar-refractivity contribution in [3.05, 3.63) is 0 Å². The summed E-state index contributed by atoms with van der Waals surface area (Å²) in [6.07, 6.45) is 9.45. The van der Waals surface area contributed by atoms with Crippen LogP contribution in [-0.4, -0.2) is 29.9 Å². The lowest BCUT2D eigenvalue weighted by atomic mass is 9.98. The van der Waals surface area contributed by atoms with Gasteiger partial charge in [-0.1, -0.05) is 19.8 Å². The number of alkyl halides is 1. The Morgan fingerprint density at radius 2 is 2.14 bits per heavy atom. The van der Waals surface area contributed by atoms with Crippen molar-refractivity contribution < 1.29 is 0 Å². The van der Waals surface area contributed by atoms with E-state index in [1.807, 2.05) is 0 Å². The fraction of sp³-hybridized carbons (Fsp3) is 1.00. The van der Waals surface area contributed by atoms with Gasteiger partial charge in [0, 0.05) is 11.9 Å². The molecule has 0 aromatic heterocycles. The first-order chi connectivity index (χ1) is 6.88. The maximum atomic E-state index is 5.70. The molecule has 1 fully saturated rings. The third-order valence-electron chi connectivity index (χ3n) is 3.20. The summed E-state index contributed by atoms with van der Waals surface area (Å²) in [7, 11) is 0. The van der Waals surface area contributed by atoms with E-state index >= 15 is 0 Å². The van der Waals surface area contributed by atoms with Crippen molar-refractivity contribution in [2.24, 2.45) is 0 Å². The van der Waals surface area contributed by atoms with Crippen molar-refractivity contribution in [1.82, 2.24) is 4.90 Å². The molecule has 1 heterocycles. The SMILES string of the molecule is CCCC1CCCCN1CCCCCl. The molecule has 1 saturated heterocycles. The Bertz CT molecular complexity index is 136. The van der Waals surface area contributed by atoms with Gasteiger partial charge >= 0.3 is 0 Å². The number of unbranched alkanes of at least 4 members (excludes halogenated alkanes) is 1. The molecule has 1 aliphatic rings. The molecule has 0 aromatic rings. The molecule has 0 saturated carbocycles. The Morgan fingerprint density at radius 3 is 2.86 bits per heavy atom. The minimum atomic E-state index is 0.826. The number of hydrogen-bond acceptors (Lipinski definition) is 1. The van der Waals surface area contributed by atoms with Crippen LogP contribution in [0.4, 0.5) is 0 Å². The van der Waals surface area contributed by atoms with E-state index in [-0.39, 0.29) is 0 Å². The van der Waals surface area contributed by atoms with E-state index in [0.717, 1.165) is 11.9 Å². The summed E-state index contributed by atoms with van der Waals surface area (Å²) >= 11 is 5.70. The van der Waals surface area contributed by atoms with Gasteiger partial charge < -0.3 is 4.90 Å². The number of likely N-dealkylation sites (tertiary alicyclic amines) is 1. The predicted octanol–water partition coefficient (Wildman–Crippen LogP) is 3.66. The Balaban J connectivity index is 2.22. The third-order valence-corrected chi connectivity index (χ3v) is 3.47. The molecule has 1 atom stereocenters. The van der Waals surface area contributed by atoms with Gasteiger partial charge in [0.15, 0.2) is 0 Å². The average Bonchev–Trinajstić information content (AvgIpc) is 2.21. The van der Waals surface area contributed by atoms with Crippen molar-refractivity contribution in [2.75, 3.05) is 19.0 Å². The van der Waals surface area contributed by atoms with Crippen LogP contribution >= 0.6 is 11.6 Å². The molecule has 0 amide bonds. The Morgan fingerprint density at radius 1 is 1.29 bits per heavy atom. The van der Waals surface area contributed by atoms with Crippen LogP contribution < -0.4 is 0 Å². The Hall–Kier alpha value is 0.250. The van der Waals surface area contributed by atoms with Crippen molar-refractivity contribution in [3.63, 3.8) is 0 Å². The molecule has 1 unspecified atom stereocenters. The first-order valence-electron chi connectivity index (χ1n) is 6.18. The minimum absolute atomic E-state index is 0.826. The monoisotopic (exact) mass is 217 g/mol. The highest BCUT2D eigenvalue weighted by Crippen LogP contribution is 2.21. The minimum Gasteiger partial charge on any atom is -0.300 e. The first kappa shape index (κ1) is 12.3. The average molecular weight is 218 g/mol. The first-order valence-corrected chi connectivity index (χ1v) is 6.72. The molecule has 0 aliphatic carbocycles. The largest absolute Gasteiger partial charge is 0.300 e. The van der Waals surface area contributed by atoms with E-state index < -0.39 is 0 Å². The van der Waals surface area contributed by atoms with Gasteiger partial charge in [-0.25, -0.2) is 0 Å². The Kier molecular flexibility index (Phi) is 6.63. The van der Waals surface area contributed by atoms with E-state index in [9.17, 15) is 0 Å². The molecule has 0 N–H and O–H groups in total. The van der Waals surface area contributed by atoms with Crippen LogP contribution in [0.25, 0.3) is 0 Å². The topological polar surface area (TPSA) is 3.24 Å². The summed E-state index contributed by atoms with van der Waals surface area (Å²) in [6, 6.07) is 0.879. The molecule has 1 aliphatic heterocycles. The molecule has 84 valence electrons. The quantitative estimate of drug-likeness (QED) is 0.485. The number of nitrogens with zero attached hydrogens (tertiary/aromatic N) is 1. The van der Waals surface area contributed by atoms with Crippen LogP contribution in [0, 0.1) is 0 Å². The number of piperidine rings is 1. The van der Waals surface area contributed by atoms with Crippen LogP contribution in [0.2, 0.25) is 0 Å². The normalized spacial score (nSPS) is 24.0. The molecule has 2 heteroatoms. The summed E-state index contributed by atoms with van der Waals surface area (Å²) in [5.74, 6) is 0.826. The zero-order valence-electron chi connectivity index (χ0n) is 9.47. The summed E-state index contributed by atoms with van der Waals surface area (Å²) < 4.78 is 0. The molecule has 1 nitrogen and oxygen atoms in total. The molecular formula is C12H24ClN. The van der Waals surface area contributed by atoms with E-state index in [1.54, 1.807) is 0 Å². The highest BCUT2D eigenvalue weighted by Gasteiger charge is 2.20. The molecule has 0 radical (unpaired) electrons. The van der Waals surface area contributed by atoms with Crippen LogP contribution in [-0.2, 0) is 0 Å². The van der Waals surface area contributed by atoms with E-state index in [0.29, 0.717) is 0 Å². The standard InChI is InChI=1S/C12H24ClN/c1-2-7-12-8-3-5-10-14(12)11-6-4-9-13/h12H,2-11H2,1H3. The highest BCUT2D eigenvalue weighted by atomic mass is 35.5. The van der Waals surface area contributed by atoms with Crippen LogP contribution in [0.1, 0.15) is 51.9 Å². The van der Waals surface area contributed by atoms with E-state index in [1.165, 1.54) is 58.0 Å². The smallest absolute Gasteiger partial charge is 0.0223 e. The molecule has 1 rings (SSSR count). The van der Waals surface area contributed by atoms with Gasteiger partial charge in [0.05, 0.1) is 0 Å². The van der Waals surface area contributed by atoms with Crippen LogP contribution in [0.5, 0.6) is 0 Å². The maximum Gasteiger partial charge on any atom is 0.0223 e. The van der Waals surface area contributed by atoms with Crippen LogP contribution in [0.3, 0.4) is 0 Å². The summed E-state index contributed by atoms with van der Waals surface area (Å²) in [5, 5.41) is 0. The number of rotatable bonds is 6. The van der Waals surface area contributed by atoms with Gasteiger partial charge in [-0.2, -0.15) is 0 Å². The molecular weight excluding hydrogens is 194 g/mol. The third kappa shape index (κ3) is 4.18. The van der Waals surface area contributed by atoms with Gasteiger partial charge in [0.25, 0.3) is 0 Å². The van der Waals surface area contributed by atoms with E-state index in [2.05, 4.69) is 11.8 Å². The van der Waals surface area contributed by atoms with Gasteiger partial charge in [-0.15, -0.1) is 11.6 Å². The van der Waals surface area contributed by atoms with Gasteiger partial charge in [0.1, 0.15) is 0 Å². The van der Waals surface area contributed by atoms with Gasteiger partial charge in [-0.05, 0) is 45.2 Å². The maximum absolute atomic E-state index is 5.70. The molecule has 0 spiro atoms. The second-order valence-corrected chi connectivity index (χ2v) is 4.75. The van der Waals surface area contributed by atoms with Crippen molar-refractivity contribution in [1.29, 1.82) is 0 Å². The lowest BCUT2D eigenvalue weighted by Crippen LogP contribution is -2.39. The predicted molar refractivity (Wildman–Crippen MR) is 64.1 cm³/mol. The molecule has 14 heavy (non-hydrogen) atoms. The van der Waals surface area contributed by atoms with Gasteiger partial charge in [-0.3, -0.25) is 0 Å². The fourth-order valence-electron chi connectivity index (χ4n) is 2.42. The van der Waals surface area contributed by atoms with Crippen molar-refractivity contribution in [2.45, 2.75) is 57.9 Å². The lowest BCUT2D eigenvalue weighted by molar-refractivity contribution is 0.137. The second kappa shape index (κ2) is 7.53. The Labute approximate surface area is 93.8 Å². The summed E-state index contributed by atoms with van der Waals surface area (Å²) in [5.41, 5.74) is 0. The summed E-state index contributed by atoms with van der Waals surface area (Å²) in [4.78, 5) is 2.69. The van der Waals surface area contributed by atoms with Crippen LogP contribution in [0.15, 0.2) is 0 Å². The number of hydrogen-bond donors (Lipinski definition) is 0. The fourth-order valence-corrected chi connectivity index (χ4v) is 2.61. The van der Waals surface area contributed by atoms with Gasteiger partial charge in [0.2, 0.25) is 0 Å². The summed E-state index contributed by atoms with van der Waals surface area (Å²) in [6.45, 7) is 4.90. The molecule has 0 bridgehead atoms. The number of halogens is 1. The second-order valence-electron chi connectivity index (χ2n) is 4.37. The lowest BCUT2D eigenvalue weighted by Gasteiger charge is -2.35. The zero-order chi connectivity index (χ0) is 10.2. The molecule has 0 aromatic carbocycles. The highest BCUT2D eigenvalue weighted by molar-refractivity contribution is 6.17. The van der Waals surface area contributed by atoms with Crippen molar-refractivity contribution >= 4 is 11.6 Å².